The molecule has 0 spiro atoms. The Morgan fingerprint density at radius 2 is 1.20 bits per heavy atom. The molecule has 92 valence electrons. The van der Waals surface area contributed by atoms with E-state index in [0.717, 1.165) is 0 Å². The second kappa shape index (κ2) is 4.81. The van der Waals surface area contributed by atoms with Crippen molar-refractivity contribution in [3.05, 3.63) is 0 Å². The Morgan fingerprint density at radius 1 is 0.867 bits per heavy atom. The lowest BCUT2D eigenvalue weighted by Crippen LogP contribution is -2.64. The van der Waals surface area contributed by atoms with Crippen LogP contribution in [0, 0.1) is 0 Å². The quantitative estimate of drug-likeness (QED) is 0.718. The summed E-state index contributed by atoms with van der Waals surface area (Å²) in [7, 11) is 0. The lowest BCUT2D eigenvalue weighted by molar-refractivity contribution is -0.250. The van der Waals surface area contributed by atoms with Crippen LogP contribution in [0.15, 0.2) is 0 Å². The Labute approximate surface area is 93.5 Å². The summed E-state index contributed by atoms with van der Waals surface area (Å²) in [6.07, 6.45) is 1.08. The second-order valence-corrected chi connectivity index (χ2v) is 4.72. The lowest BCUT2D eigenvalue weighted by Gasteiger charge is -2.50. The fraction of sp³-hybridized carbons (Fsp3) is 1.00. The molecule has 0 amide bonds. The molecule has 0 aliphatic heterocycles. The van der Waals surface area contributed by atoms with Crippen LogP contribution in [-0.2, 0) is 4.74 Å². The zero-order valence-corrected chi connectivity index (χ0v) is 10.9. The third kappa shape index (κ3) is 2.52. The number of ether oxygens (including phenoxy) is 1. The van der Waals surface area contributed by atoms with Gasteiger partial charge in [-0.3, -0.25) is 0 Å². The van der Waals surface area contributed by atoms with Gasteiger partial charge in [-0.15, -0.1) is 0 Å². The molecule has 2 N–H and O–H groups in total. The van der Waals surface area contributed by atoms with Crippen molar-refractivity contribution in [1.82, 2.24) is 0 Å². The van der Waals surface area contributed by atoms with Gasteiger partial charge in [0.05, 0.1) is 11.2 Å². The summed E-state index contributed by atoms with van der Waals surface area (Å²) in [5, 5.41) is 20.7. The van der Waals surface area contributed by atoms with E-state index in [1.54, 1.807) is 20.8 Å². The van der Waals surface area contributed by atoms with Crippen LogP contribution in [0.2, 0.25) is 0 Å². The molecule has 2 atom stereocenters. The monoisotopic (exact) mass is 218 g/mol. The van der Waals surface area contributed by atoms with Crippen LogP contribution in [0.5, 0.6) is 0 Å². The molecule has 15 heavy (non-hydrogen) atoms. The molecule has 0 saturated heterocycles. The normalized spacial score (nSPS) is 24.0. The summed E-state index contributed by atoms with van der Waals surface area (Å²) < 4.78 is 5.64. The number of rotatable bonds is 6. The first-order valence-electron chi connectivity index (χ1n) is 5.77. The first-order valence-corrected chi connectivity index (χ1v) is 5.77. The van der Waals surface area contributed by atoms with Gasteiger partial charge in [0.25, 0.3) is 0 Å². The molecule has 0 aromatic heterocycles. The van der Waals surface area contributed by atoms with Crippen LogP contribution >= 0.6 is 0 Å². The van der Waals surface area contributed by atoms with E-state index in [2.05, 4.69) is 0 Å². The van der Waals surface area contributed by atoms with Crippen molar-refractivity contribution in [3.63, 3.8) is 0 Å². The lowest BCUT2D eigenvalue weighted by atomic mass is 9.71. The summed E-state index contributed by atoms with van der Waals surface area (Å²) in [5.41, 5.74) is -3.02. The zero-order chi connectivity index (χ0) is 12.3. The average Bonchev–Trinajstić information content (AvgIpc) is 2.17. The molecular formula is C12H26O3. The Bertz CT molecular complexity index is 181. The number of aliphatic hydroxyl groups is 2. The fourth-order valence-corrected chi connectivity index (χ4v) is 1.85. The Morgan fingerprint density at radius 3 is 1.40 bits per heavy atom. The van der Waals surface area contributed by atoms with E-state index in [-0.39, 0.29) is 0 Å². The summed E-state index contributed by atoms with van der Waals surface area (Å²) in [5.74, 6) is 0. The predicted octanol–water partition coefficient (Wildman–Crippen LogP) is 2.10. The molecule has 0 heterocycles. The molecule has 0 aromatic carbocycles. The minimum absolute atomic E-state index is 0.475. The van der Waals surface area contributed by atoms with E-state index in [1.807, 2.05) is 20.8 Å². The van der Waals surface area contributed by atoms with E-state index < -0.39 is 16.8 Å². The fourth-order valence-electron chi connectivity index (χ4n) is 1.85. The van der Waals surface area contributed by atoms with Crippen molar-refractivity contribution >= 4 is 0 Å². The third-order valence-electron chi connectivity index (χ3n) is 3.87. The van der Waals surface area contributed by atoms with E-state index in [9.17, 15) is 10.2 Å². The van der Waals surface area contributed by atoms with Crippen LogP contribution in [-0.4, -0.2) is 33.6 Å². The summed E-state index contributed by atoms with van der Waals surface area (Å²) in [4.78, 5) is 0. The molecule has 0 saturated carbocycles. The first kappa shape index (κ1) is 14.9. The van der Waals surface area contributed by atoms with Gasteiger partial charge >= 0.3 is 0 Å². The molecule has 0 radical (unpaired) electrons. The number of hydrogen-bond acceptors (Lipinski definition) is 3. The van der Waals surface area contributed by atoms with Gasteiger partial charge in [-0.1, -0.05) is 13.8 Å². The van der Waals surface area contributed by atoms with Crippen molar-refractivity contribution in [2.75, 3.05) is 6.61 Å². The van der Waals surface area contributed by atoms with E-state index in [0.29, 0.717) is 19.4 Å². The summed E-state index contributed by atoms with van der Waals surface area (Å²) in [6, 6.07) is 0. The van der Waals surface area contributed by atoms with Crippen molar-refractivity contribution < 1.29 is 14.9 Å². The Kier molecular flexibility index (Phi) is 4.77. The van der Waals surface area contributed by atoms with Crippen LogP contribution in [0.1, 0.15) is 54.4 Å². The maximum atomic E-state index is 10.4. The van der Waals surface area contributed by atoms with Crippen molar-refractivity contribution in [1.29, 1.82) is 0 Å². The van der Waals surface area contributed by atoms with Crippen LogP contribution in [0.3, 0.4) is 0 Å². The van der Waals surface area contributed by atoms with Crippen molar-refractivity contribution in [3.8, 4) is 0 Å². The van der Waals surface area contributed by atoms with Crippen LogP contribution in [0.4, 0.5) is 0 Å². The van der Waals surface area contributed by atoms with Gasteiger partial charge < -0.3 is 14.9 Å². The second-order valence-electron chi connectivity index (χ2n) is 4.72. The molecular weight excluding hydrogens is 192 g/mol. The van der Waals surface area contributed by atoms with Gasteiger partial charge in [-0.05, 0) is 40.5 Å². The van der Waals surface area contributed by atoms with Gasteiger partial charge in [0.2, 0.25) is 0 Å². The maximum Gasteiger partial charge on any atom is 0.122 e. The van der Waals surface area contributed by atoms with Gasteiger partial charge in [-0.25, -0.2) is 0 Å². The molecule has 0 bridgehead atoms. The number of hydrogen-bond donors (Lipinski definition) is 2. The van der Waals surface area contributed by atoms with E-state index >= 15 is 0 Å². The van der Waals surface area contributed by atoms with Crippen molar-refractivity contribution in [2.24, 2.45) is 0 Å². The average molecular weight is 218 g/mol. The molecule has 0 fully saturated rings. The van der Waals surface area contributed by atoms with Gasteiger partial charge in [-0.2, -0.15) is 0 Å². The SMILES string of the molecule is CCOC(C)(C(C)(O)CC)C(C)(O)CC. The molecule has 0 aliphatic rings. The largest absolute Gasteiger partial charge is 0.387 e. The van der Waals surface area contributed by atoms with Crippen LogP contribution in [0.25, 0.3) is 0 Å². The van der Waals surface area contributed by atoms with Crippen LogP contribution < -0.4 is 0 Å². The standard InChI is InChI=1S/C12H26O3/c1-7-10(4,13)12(6,15-9-3)11(5,14)8-2/h13-14H,7-9H2,1-6H3. The highest BCUT2D eigenvalue weighted by atomic mass is 16.5. The third-order valence-corrected chi connectivity index (χ3v) is 3.87. The molecule has 3 nitrogen and oxygen atoms in total. The van der Waals surface area contributed by atoms with E-state index in [4.69, 9.17) is 4.74 Å². The highest BCUT2D eigenvalue weighted by Crippen LogP contribution is 2.40. The maximum absolute atomic E-state index is 10.4. The highest BCUT2D eigenvalue weighted by molar-refractivity contribution is 5.06. The predicted molar refractivity (Wildman–Crippen MR) is 61.9 cm³/mol. The highest BCUT2D eigenvalue weighted by Gasteiger charge is 2.54. The minimum atomic E-state index is -1.04. The molecule has 3 heteroatoms. The Hall–Kier alpha value is -0.120. The topological polar surface area (TPSA) is 49.7 Å². The smallest absolute Gasteiger partial charge is 0.122 e. The minimum Gasteiger partial charge on any atom is -0.387 e. The summed E-state index contributed by atoms with van der Waals surface area (Å²) in [6.45, 7) is 11.3. The van der Waals surface area contributed by atoms with E-state index in [1.165, 1.54) is 0 Å². The first-order chi connectivity index (χ1) is 6.68. The molecule has 2 unspecified atom stereocenters. The molecule has 0 rings (SSSR count). The van der Waals surface area contributed by atoms with Gasteiger partial charge in [0.1, 0.15) is 5.60 Å². The van der Waals surface area contributed by atoms with Crippen molar-refractivity contribution in [2.45, 2.75) is 71.2 Å². The van der Waals surface area contributed by atoms with Gasteiger partial charge in [0, 0.05) is 6.61 Å². The molecule has 0 aliphatic carbocycles. The Balaban J connectivity index is 5.23. The molecule has 0 aromatic rings. The van der Waals surface area contributed by atoms with Gasteiger partial charge in [0.15, 0.2) is 0 Å². The summed E-state index contributed by atoms with van der Waals surface area (Å²) >= 11 is 0. The zero-order valence-electron chi connectivity index (χ0n) is 10.9.